The molecule has 0 radical (unpaired) electrons. The average Bonchev–Trinajstić information content (AvgIpc) is 2.16. The third-order valence-corrected chi connectivity index (χ3v) is 2.08. The predicted molar refractivity (Wildman–Crippen MR) is 44.6 cm³/mol. The van der Waals surface area contributed by atoms with E-state index >= 15 is 0 Å². The Bertz CT molecular complexity index is 333. The van der Waals surface area contributed by atoms with Crippen LogP contribution in [0.4, 0.5) is 13.2 Å². The van der Waals surface area contributed by atoms with Crippen LogP contribution in [-0.2, 0) is 12.5 Å². The molecule has 0 fully saturated rings. The second-order valence-electron chi connectivity index (χ2n) is 2.56. The largest absolute Gasteiger partial charge is 0.392 e. The Morgan fingerprint density at radius 2 is 2.14 bits per heavy atom. The van der Waals surface area contributed by atoms with Gasteiger partial charge in [0.1, 0.15) is 0 Å². The lowest BCUT2D eigenvalue weighted by Gasteiger charge is -2.10. The molecule has 1 aromatic rings. The first-order valence-corrected chi connectivity index (χ1v) is 4.26. The van der Waals surface area contributed by atoms with E-state index in [0.29, 0.717) is 0 Å². The van der Waals surface area contributed by atoms with Gasteiger partial charge in [-0.05, 0) is 11.1 Å². The van der Waals surface area contributed by atoms with Gasteiger partial charge in [0.05, 0.1) is 12.2 Å². The van der Waals surface area contributed by atoms with Crippen molar-refractivity contribution in [1.82, 2.24) is 4.98 Å². The molecule has 0 saturated carbocycles. The number of hydrogen-bond acceptors (Lipinski definition) is 2. The number of aliphatic hydroxyl groups is 1. The second kappa shape index (κ2) is 4.61. The molecule has 1 heterocycles. The molecule has 0 aromatic carbocycles. The fourth-order valence-corrected chi connectivity index (χ4v) is 1.33. The molecule has 14 heavy (non-hydrogen) atoms. The molecule has 0 saturated heterocycles. The van der Waals surface area contributed by atoms with Crippen LogP contribution in [0.25, 0.3) is 0 Å². The van der Waals surface area contributed by atoms with Crippen molar-refractivity contribution in [3.8, 4) is 0 Å². The quantitative estimate of drug-likeness (QED) is 0.633. The monoisotopic (exact) mass is 225 g/mol. The number of hydrogen-bond donors (Lipinski definition) is 1. The highest BCUT2D eigenvalue weighted by Gasteiger charge is 2.21. The predicted octanol–water partition coefficient (Wildman–Crippen LogP) is 2.39. The first-order chi connectivity index (χ1) is 6.61. The van der Waals surface area contributed by atoms with Crippen LogP contribution >= 0.6 is 11.6 Å². The Labute approximate surface area is 83.3 Å². The molecule has 0 unspecified atom stereocenters. The Balaban J connectivity index is 3.35. The van der Waals surface area contributed by atoms with Crippen LogP contribution in [0.5, 0.6) is 0 Å². The number of aliphatic hydroxyl groups excluding tert-OH is 1. The number of alkyl halides is 3. The van der Waals surface area contributed by atoms with Gasteiger partial charge in [-0.15, -0.1) is 11.6 Å². The molecule has 0 aliphatic carbocycles. The molecule has 1 aromatic heterocycles. The van der Waals surface area contributed by atoms with Crippen LogP contribution < -0.4 is 0 Å². The maximum atomic E-state index is 12.9. The summed E-state index contributed by atoms with van der Waals surface area (Å²) in [6.45, 7) is -0.679. The molecular weight excluding hydrogens is 219 g/mol. The van der Waals surface area contributed by atoms with Crippen LogP contribution in [0, 0.1) is 5.95 Å². The van der Waals surface area contributed by atoms with E-state index in [1.807, 2.05) is 0 Å². The molecular formula is C8H7ClF3NO. The van der Waals surface area contributed by atoms with E-state index in [1.54, 1.807) is 0 Å². The molecule has 1 N–H and O–H groups in total. The minimum Gasteiger partial charge on any atom is -0.392 e. The Morgan fingerprint density at radius 1 is 1.50 bits per heavy atom. The first-order valence-electron chi connectivity index (χ1n) is 3.73. The molecule has 0 amide bonds. The molecule has 2 nitrogen and oxygen atoms in total. The summed E-state index contributed by atoms with van der Waals surface area (Å²) in [5.41, 5.74) is -0.834. The molecule has 0 atom stereocenters. The van der Waals surface area contributed by atoms with E-state index in [2.05, 4.69) is 4.98 Å². The molecule has 1 rings (SSSR count). The van der Waals surface area contributed by atoms with Crippen molar-refractivity contribution in [3.63, 3.8) is 0 Å². The number of halogens is 4. The standard InChI is InChI=1S/C8H7ClF3NO/c9-1-4-2-13-8(12)6(7(10)11)5(4)3-14/h2,7,14H,1,3H2. The molecule has 0 aliphatic heterocycles. The fraction of sp³-hybridized carbons (Fsp3) is 0.375. The van der Waals surface area contributed by atoms with Gasteiger partial charge in [-0.1, -0.05) is 0 Å². The van der Waals surface area contributed by atoms with Crippen LogP contribution in [0.3, 0.4) is 0 Å². The van der Waals surface area contributed by atoms with Crippen molar-refractivity contribution in [3.05, 3.63) is 28.8 Å². The Morgan fingerprint density at radius 3 is 2.57 bits per heavy atom. The zero-order chi connectivity index (χ0) is 10.7. The molecule has 6 heteroatoms. The van der Waals surface area contributed by atoms with Crippen LogP contribution in [0.2, 0.25) is 0 Å². The number of aromatic nitrogens is 1. The van der Waals surface area contributed by atoms with Gasteiger partial charge in [-0.25, -0.2) is 13.8 Å². The van der Waals surface area contributed by atoms with E-state index in [-0.39, 0.29) is 17.0 Å². The summed E-state index contributed by atoms with van der Waals surface area (Å²) in [4.78, 5) is 3.14. The van der Waals surface area contributed by atoms with Gasteiger partial charge >= 0.3 is 0 Å². The normalized spacial score (nSPS) is 11.0. The maximum Gasteiger partial charge on any atom is 0.268 e. The summed E-state index contributed by atoms with van der Waals surface area (Å²) in [6, 6.07) is 0. The summed E-state index contributed by atoms with van der Waals surface area (Å²) >= 11 is 5.42. The topological polar surface area (TPSA) is 33.1 Å². The summed E-state index contributed by atoms with van der Waals surface area (Å²) < 4.78 is 37.6. The Hall–Kier alpha value is -0.810. The summed E-state index contributed by atoms with van der Waals surface area (Å²) in [7, 11) is 0. The lowest BCUT2D eigenvalue weighted by atomic mass is 10.1. The zero-order valence-corrected chi connectivity index (χ0v) is 7.73. The summed E-state index contributed by atoms with van der Waals surface area (Å²) in [5.74, 6) is -1.36. The van der Waals surface area contributed by atoms with Crippen molar-refractivity contribution < 1.29 is 18.3 Å². The SMILES string of the molecule is OCc1c(CCl)cnc(F)c1C(F)F. The molecule has 0 spiro atoms. The van der Waals surface area contributed by atoms with E-state index in [0.717, 1.165) is 6.20 Å². The maximum absolute atomic E-state index is 12.9. The van der Waals surface area contributed by atoms with E-state index in [9.17, 15) is 13.2 Å². The van der Waals surface area contributed by atoms with Gasteiger partial charge in [0.2, 0.25) is 5.95 Å². The van der Waals surface area contributed by atoms with Gasteiger partial charge in [0, 0.05) is 12.1 Å². The summed E-state index contributed by atoms with van der Waals surface area (Å²) in [6.07, 6.45) is -1.97. The highest BCUT2D eigenvalue weighted by molar-refractivity contribution is 6.17. The van der Waals surface area contributed by atoms with Crippen LogP contribution in [0.15, 0.2) is 6.20 Å². The number of rotatable bonds is 3. The van der Waals surface area contributed by atoms with Crippen molar-refractivity contribution in [2.24, 2.45) is 0 Å². The van der Waals surface area contributed by atoms with Gasteiger partial charge in [-0.3, -0.25) is 0 Å². The van der Waals surface area contributed by atoms with Crippen molar-refractivity contribution in [1.29, 1.82) is 0 Å². The lowest BCUT2D eigenvalue weighted by Crippen LogP contribution is -2.05. The first kappa shape index (κ1) is 11.3. The Kier molecular flexibility index (Phi) is 3.71. The van der Waals surface area contributed by atoms with Gasteiger partial charge in [0.15, 0.2) is 0 Å². The average molecular weight is 226 g/mol. The van der Waals surface area contributed by atoms with E-state index in [1.165, 1.54) is 0 Å². The highest BCUT2D eigenvalue weighted by Crippen LogP contribution is 2.27. The summed E-state index contributed by atoms with van der Waals surface area (Å²) in [5, 5.41) is 8.82. The van der Waals surface area contributed by atoms with Gasteiger partial charge in [-0.2, -0.15) is 4.39 Å². The molecule has 78 valence electrons. The van der Waals surface area contributed by atoms with Crippen molar-refractivity contribution >= 4 is 11.6 Å². The lowest BCUT2D eigenvalue weighted by molar-refractivity contribution is 0.140. The van der Waals surface area contributed by atoms with Crippen molar-refractivity contribution in [2.45, 2.75) is 18.9 Å². The zero-order valence-electron chi connectivity index (χ0n) is 6.98. The van der Waals surface area contributed by atoms with Crippen LogP contribution in [-0.4, -0.2) is 10.1 Å². The number of pyridine rings is 1. The van der Waals surface area contributed by atoms with E-state index in [4.69, 9.17) is 16.7 Å². The minimum atomic E-state index is -3.01. The smallest absolute Gasteiger partial charge is 0.268 e. The molecule has 0 aliphatic rings. The minimum absolute atomic E-state index is 0.0944. The second-order valence-corrected chi connectivity index (χ2v) is 2.83. The van der Waals surface area contributed by atoms with Gasteiger partial charge < -0.3 is 5.11 Å². The third kappa shape index (κ3) is 1.99. The molecule has 0 bridgehead atoms. The van der Waals surface area contributed by atoms with Crippen molar-refractivity contribution in [2.75, 3.05) is 0 Å². The van der Waals surface area contributed by atoms with Gasteiger partial charge in [0.25, 0.3) is 6.43 Å². The van der Waals surface area contributed by atoms with Crippen LogP contribution in [0.1, 0.15) is 23.1 Å². The highest BCUT2D eigenvalue weighted by atomic mass is 35.5. The third-order valence-electron chi connectivity index (χ3n) is 1.79. The fourth-order valence-electron chi connectivity index (χ4n) is 1.10. The number of nitrogens with zero attached hydrogens (tertiary/aromatic N) is 1. The van der Waals surface area contributed by atoms with E-state index < -0.39 is 24.5 Å².